The predicted molar refractivity (Wildman–Crippen MR) is 76.4 cm³/mol. The molecule has 0 aromatic rings. The Morgan fingerprint density at radius 2 is 1.79 bits per heavy atom. The van der Waals surface area contributed by atoms with E-state index in [0.29, 0.717) is 12.2 Å². The van der Waals surface area contributed by atoms with Gasteiger partial charge in [-0.3, -0.25) is 0 Å². The van der Waals surface area contributed by atoms with Gasteiger partial charge in [0, 0.05) is 13.1 Å². The van der Waals surface area contributed by atoms with E-state index in [4.69, 9.17) is 9.47 Å². The summed E-state index contributed by atoms with van der Waals surface area (Å²) < 4.78 is 12.1. The molecule has 3 aliphatic rings. The first-order chi connectivity index (χ1) is 9.36. The topological polar surface area (TPSA) is 30.5 Å². The molecule has 110 valence electrons. The third-order valence-electron chi connectivity index (χ3n) is 5.16. The SMILES string of the molecule is C1CCC(OCCNCC2CCC3(CCCC3)O2)C1. The molecular formula is C16H29NO2. The summed E-state index contributed by atoms with van der Waals surface area (Å²) in [7, 11) is 0. The van der Waals surface area contributed by atoms with Gasteiger partial charge in [0.15, 0.2) is 0 Å². The maximum atomic E-state index is 6.29. The number of nitrogens with one attached hydrogen (secondary N) is 1. The van der Waals surface area contributed by atoms with Crippen LogP contribution in [-0.4, -0.2) is 37.5 Å². The van der Waals surface area contributed by atoms with E-state index in [-0.39, 0.29) is 5.60 Å². The van der Waals surface area contributed by atoms with E-state index in [0.717, 1.165) is 19.7 Å². The van der Waals surface area contributed by atoms with Gasteiger partial charge >= 0.3 is 0 Å². The van der Waals surface area contributed by atoms with Crippen molar-refractivity contribution in [2.24, 2.45) is 0 Å². The van der Waals surface area contributed by atoms with Crippen molar-refractivity contribution in [3.05, 3.63) is 0 Å². The van der Waals surface area contributed by atoms with Crippen molar-refractivity contribution in [3.8, 4) is 0 Å². The first-order valence-corrected chi connectivity index (χ1v) is 8.36. The van der Waals surface area contributed by atoms with Crippen molar-refractivity contribution in [2.45, 2.75) is 82.0 Å². The quantitative estimate of drug-likeness (QED) is 0.750. The summed E-state index contributed by atoms with van der Waals surface area (Å²) in [5.41, 5.74) is 0.284. The van der Waals surface area contributed by atoms with Gasteiger partial charge in [0.25, 0.3) is 0 Å². The minimum absolute atomic E-state index is 0.284. The Bertz CT molecular complexity index is 270. The van der Waals surface area contributed by atoms with Crippen LogP contribution in [0.1, 0.15) is 64.2 Å². The van der Waals surface area contributed by atoms with Gasteiger partial charge < -0.3 is 14.8 Å². The lowest BCUT2D eigenvalue weighted by atomic mass is 9.98. The Morgan fingerprint density at radius 3 is 2.58 bits per heavy atom. The highest BCUT2D eigenvalue weighted by atomic mass is 16.5. The average Bonchev–Trinajstić information content (AvgIpc) is 3.14. The zero-order valence-electron chi connectivity index (χ0n) is 12.2. The van der Waals surface area contributed by atoms with Crippen molar-refractivity contribution in [1.82, 2.24) is 5.32 Å². The standard InChI is InChI=1S/C16H29NO2/c1-2-6-14(5-1)18-12-11-17-13-15-7-10-16(19-15)8-3-4-9-16/h14-15,17H,1-13H2. The normalized spacial score (nSPS) is 30.6. The van der Waals surface area contributed by atoms with Crippen LogP contribution >= 0.6 is 0 Å². The molecule has 1 saturated heterocycles. The molecule has 0 aromatic heterocycles. The summed E-state index contributed by atoms with van der Waals surface area (Å²) in [6.07, 6.45) is 14.1. The van der Waals surface area contributed by atoms with Crippen LogP contribution in [0.2, 0.25) is 0 Å². The molecule has 1 heterocycles. The van der Waals surface area contributed by atoms with Crippen molar-refractivity contribution >= 4 is 0 Å². The molecule has 1 aliphatic heterocycles. The predicted octanol–water partition coefficient (Wildman–Crippen LogP) is 3.03. The summed E-state index contributed by atoms with van der Waals surface area (Å²) in [4.78, 5) is 0. The molecule has 2 aliphatic carbocycles. The number of rotatable bonds is 6. The van der Waals surface area contributed by atoms with E-state index in [2.05, 4.69) is 5.32 Å². The maximum Gasteiger partial charge on any atom is 0.0708 e. The van der Waals surface area contributed by atoms with Gasteiger partial charge in [0.05, 0.1) is 24.4 Å². The zero-order chi connectivity index (χ0) is 13.0. The molecule has 0 bridgehead atoms. The molecule has 1 N–H and O–H groups in total. The van der Waals surface area contributed by atoms with E-state index >= 15 is 0 Å². The largest absolute Gasteiger partial charge is 0.377 e. The van der Waals surface area contributed by atoms with Crippen LogP contribution < -0.4 is 5.32 Å². The molecule has 1 atom stereocenters. The van der Waals surface area contributed by atoms with Gasteiger partial charge in [-0.25, -0.2) is 0 Å². The molecule has 3 fully saturated rings. The molecule has 19 heavy (non-hydrogen) atoms. The number of hydrogen-bond donors (Lipinski definition) is 1. The molecule has 0 aromatic carbocycles. The van der Waals surface area contributed by atoms with Crippen LogP contribution in [0.15, 0.2) is 0 Å². The minimum Gasteiger partial charge on any atom is -0.377 e. The summed E-state index contributed by atoms with van der Waals surface area (Å²) in [6, 6.07) is 0. The van der Waals surface area contributed by atoms with E-state index in [1.54, 1.807) is 0 Å². The van der Waals surface area contributed by atoms with Gasteiger partial charge in [-0.2, -0.15) is 0 Å². The third kappa shape index (κ3) is 3.71. The van der Waals surface area contributed by atoms with Crippen LogP contribution in [0.4, 0.5) is 0 Å². The minimum atomic E-state index is 0.284. The number of hydrogen-bond acceptors (Lipinski definition) is 3. The average molecular weight is 267 g/mol. The molecule has 0 radical (unpaired) electrons. The third-order valence-corrected chi connectivity index (χ3v) is 5.16. The number of ether oxygens (including phenoxy) is 2. The first-order valence-electron chi connectivity index (χ1n) is 8.36. The Labute approximate surface area is 117 Å². The van der Waals surface area contributed by atoms with Gasteiger partial charge in [-0.15, -0.1) is 0 Å². The molecule has 3 rings (SSSR count). The van der Waals surface area contributed by atoms with Crippen molar-refractivity contribution in [2.75, 3.05) is 19.7 Å². The molecule has 1 unspecified atom stereocenters. The van der Waals surface area contributed by atoms with Crippen molar-refractivity contribution in [1.29, 1.82) is 0 Å². The summed E-state index contributed by atoms with van der Waals surface area (Å²) >= 11 is 0. The molecular weight excluding hydrogens is 238 g/mol. The molecule has 2 saturated carbocycles. The van der Waals surface area contributed by atoms with Gasteiger partial charge in [-0.1, -0.05) is 25.7 Å². The van der Waals surface area contributed by atoms with E-state index < -0.39 is 0 Å². The van der Waals surface area contributed by atoms with Crippen molar-refractivity contribution < 1.29 is 9.47 Å². The van der Waals surface area contributed by atoms with E-state index in [1.807, 2.05) is 0 Å². The lowest BCUT2D eigenvalue weighted by molar-refractivity contribution is -0.0357. The van der Waals surface area contributed by atoms with E-state index in [1.165, 1.54) is 64.2 Å². The summed E-state index contributed by atoms with van der Waals surface area (Å²) in [6.45, 7) is 2.85. The Hall–Kier alpha value is -0.120. The second-order valence-corrected chi connectivity index (χ2v) is 6.65. The molecule has 1 spiro atoms. The van der Waals surface area contributed by atoms with E-state index in [9.17, 15) is 0 Å². The van der Waals surface area contributed by atoms with Gasteiger partial charge in [0.1, 0.15) is 0 Å². The van der Waals surface area contributed by atoms with Crippen LogP contribution in [0.25, 0.3) is 0 Å². The fraction of sp³-hybridized carbons (Fsp3) is 1.00. The first kappa shape index (κ1) is 13.8. The second-order valence-electron chi connectivity index (χ2n) is 6.65. The Kier molecular flexibility index (Phi) is 4.78. The second kappa shape index (κ2) is 6.55. The molecule has 0 amide bonds. The Morgan fingerprint density at radius 1 is 1.00 bits per heavy atom. The Balaban J connectivity index is 1.24. The zero-order valence-corrected chi connectivity index (χ0v) is 12.2. The van der Waals surface area contributed by atoms with Crippen molar-refractivity contribution in [3.63, 3.8) is 0 Å². The highest BCUT2D eigenvalue weighted by molar-refractivity contribution is 4.93. The lowest BCUT2D eigenvalue weighted by Crippen LogP contribution is -2.33. The van der Waals surface area contributed by atoms with Crippen LogP contribution in [0.3, 0.4) is 0 Å². The highest BCUT2D eigenvalue weighted by Crippen LogP contribution is 2.43. The highest BCUT2D eigenvalue weighted by Gasteiger charge is 2.41. The van der Waals surface area contributed by atoms with Crippen LogP contribution in [0, 0.1) is 0 Å². The lowest BCUT2D eigenvalue weighted by Gasteiger charge is -2.24. The molecule has 3 heteroatoms. The summed E-state index contributed by atoms with van der Waals surface area (Å²) in [5.74, 6) is 0. The maximum absolute atomic E-state index is 6.29. The van der Waals surface area contributed by atoms with Crippen LogP contribution in [0.5, 0.6) is 0 Å². The molecule has 3 nitrogen and oxygen atoms in total. The summed E-state index contributed by atoms with van der Waals surface area (Å²) in [5, 5.41) is 3.51. The van der Waals surface area contributed by atoms with Crippen LogP contribution in [-0.2, 0) is 9.47 Å². The smallest absolute Gasteiger partial charge is 0.0708 e. The van der Waals surface area contributed by atoms with Gasteiger partial charge in [0.2, 0.25) is 0 Å². The fourth-order valence-electron chi connectivity index (χ4n) is 4.04. The fourth-order valence-corrected chi connectivity index (χ4v) is 4.04. The van der Waals surface area contributed by atoms with Gasteiger partial charge in [-0.05, 0) is 38.5 Å². The monoisotopic (exact) mass is 267 g/mol.